The fourth-order valence-electron chi connectivity index (χ4n) is 7.43. The molecule has 208 valence electrons. The lowest BCUT2D eigenvalue weighted by Gasteiger charge is -2.49. The Balaban J connectivity index is 1.56. The van der Waals surface area contributed by atoms with Gasteiger partial charge < -0.3 is 9.84 Å². The molecule has 10 heteroatoms. The van der Waals surface area contributed by atoms with Gasteiger partial charge >= 0.3 is 0 Å². The Morgan fingerprint density at radius 1 is 1.10 bits per heavy atom. The SMILES string of the molecule is CCOc1cccc(C2C3=CCC4C(=O)N(C)C(=O)C4C3CC3C(=O)N(c4ccc(F)c(Cl)c4)C(=O)C32C)c1O. The van der Waals surface area contributed by atoms with Crippen molar-refractivity contribution in [1.29, 1.82) is 0 Å². The van der Waals surface area contributed by atoms with Crippen molar-refractivity contribution in [3.8, 4) is 11.5 Å². The van der Waals surface area contributed by atoms with Gasteiger partial charge in [-0.05, 0) is 56.9 Å². The topological polar surface area (TPSA) is 104 Å². The summed E-state index contributed by atoms with van der Waals surface area (Å²) in [6.07, 6.45) is 2.40. The first-order valence-electron chi connectivity index (χ1n) is 13.3. The summed E-state index contributed by atoms with van der Waals surface area (Å²) in [6, 6.07) is 8.70. The molecule has 2 saturated heterocycles. The molecule has 6 rings (SSSR count). The summed E-state index contributed by atoms with van der Waals surface area (Å²) in [7, 11) is 1.47. The van der Waals surface area contributed by atoms with Gasteiger partial charge in [0.05, 0.1) is 40.5 Å². The number of ether oxygens (including phenoxy) is 1. The van der Waals surface area contributed by atoms with Gasteiger partial charge in [0, 0.05) is 18.5 Å². The van der Waals surface area contributed by atoms with Crippen molar-refractivity contribution in [2.75, 3.05) is 18.6 Å². The first-order chi connectivity index (χ1) is 19.0. The summed E-state index contributed by atoms with van der Waals surface area (Å²) < 4.78 is 19.6. The molecule has 4 aliphatic rings. The predicted octanol–water partition coefficient (Wildman–Crippen LogP) is 4.44. The van der Waals surface area contributed by atoms with E-state index >= 15 is 0 Å². The van der Waals surface area contributed by atoms with Gasteiger partial charge in [-0.25, -0.2) is 9.29 Å². The number of halogens is 2. The standard InChI is InChI=1S/C30H28ClFN2O6/c1-4-40-22-7-5-6-17(25(22)35)24-15-9-10-16-23(28(38)33(3)26(16)36)18(15)13-19-27(37)34(29(39)30(19,24)2)14-8-11-21(32)20(31)12-14/h5-9,11-12,16,18-19,23-24,35H,4,10,13H2,1-3H3. The molecule has 8 nitrogen and oxygen atoms in total. The second kappa shape index (κ2) is 9.16. The molecule has 0 aromatic heterocycles. The smallest absolute Gasteiger partial charge is 0.241 e. The fourth-order valence-corrected chi connectivity index (χ4v) is 7.61. The molecule has 6 atom stereocenters. The average molecular weight is 567 g/mol. The summed E-state index contributed by atoms with van der Waals surface area (Å²) in [5.41, 5.74) is -0.0594. The molecule has 2 aromatic rings. The minimum atomic E-state index is -1.35. The van der Waals surface area contributed by atoms with Crippen molar-refractivity contribution in [3.05, 3.63) is 64.5 Å². The molecule has 4 amide bonds. The number of amides is 4. The Labute approximate surface area is 235 Å². The highest BCUT2D eigenvalue weighted by Crippen LogP contribution is 2.64. The number of phenolic OH excluding ortho intramolecular Hbond substituents is 1. The van der Waals surface area contributed by atoms with Crippen LogP contribution >= 0.6 is 11.6 Å². The maximum atomic E-state index is 14.3. The monoisotopic (exact) mass is 566 g/mol. The van der Waals surface area contributed by atoms with E-state index in [2.05, 4.69) is 0 Å². The quantitative estimate of drug-likeness (QED) is 0.433. The number of carbonyl (C=O) groups is 4. The van der Waals surface area contributed by atoms with Crippen LogP contribution in [0.1, 0.15) is 38.2 Å². The Bertz CT molecular complexity index is 1520. The van der Waals surface area contributed by atoms with E-state index in [1.807, 2.05) is 6.08 Å². The Morgan fingerprint density at radius 3 is 2.55 bits per heavy atom. The van der Waals surface area contributed by atoms with E-state index in [1.165, 1.54) is 19.2 Å². The molecule has 0 spiro atoms. The molecule has 0 bridgehead atoms. The van der Waals surface area contributed by atoms with Gasteiger partial charge in [-0.2, -0.15) is 0 Å². The molecule has 3 fully saturated rings. The van der Waals surface area contributed by atoms with Crippen molar-refractivity contribution in [1.82, 2.24) is 4.90 Å². The zero-order valence-electron chi connectivity index (χ0n) is 22.2. The van der Waals surface area contributed by atoms with Gasteiger partial charge in [-0.15, -0.1) is 0 Å². The van der Waals surface area contributed by atoms with Gasteiger partial charge in [0.2, 0.25) is 23.6 Å². The number of allylic oxidation sites excluding steroid dienone is 2. The van der Waals surface area contributed by atoms with Crippen molar-refractivity contribution in [3.63, 3.8) is 0 Å². The third-order valence-electron chi connectivity index (χ3n) is 9.30. The van der Waals surface area contributed by atoms with Crippen LogP contribution in [0.25, 0.3) is 0 Å². The van der Waals surface area contributed by atoms with Crippen molar-refractivity contribution >= 4 is 40.9 Å². The number of aromatic hydroxyl groups is 1. The number of rotatable bonds is 4. The summed E-state index contributed by atoms with van der Waals surface area (Å²) in [5, 5.41) is 11.1. The van der Waals surface area contributed by atoms with Crippen LogP contribution in [0, 0.1) is 34.9 Å². The van der Waals surface area contributed by atoms with E-state index < -0.39 is 52.6 Å². The van der Waals surface area contributed by atoms with Gasteiger partial charge in [-0.1, -0.05) is 35.4 Å². The fraction of sp³-hybridized carbons (Fsp3) is 0.400. The van der Waals surface area contributed by atoms with E-state index in [-0.39, 0.29) is 40.4 Å². The maximum absolute atomic E-state index is 14.3. The number of hydrogen-bond donors (Lipinski definition) is 1. The highest BCUT2D eigenvalue weighted by Gasteiger charge is 2.67. The Hall–Kier alpha value is -3.72. The normalized spacial score (nSPS) is 31.2. The van der Waals surface area contributed by atoms with E-state index in [1.54, 1.807) is 32.0 Å². The predicted molar refractivity (Wildman–Crippen MR) is 143 cm³/mol. The van der Waals surface area contributed by atoms with E-state index in [0.717, 1.165) is 21.4 Å². The molecule has 0 radical (unpaired) electrons. The number of anilines is 1. The second-order valence-electron chi connectivity index (χ2n) is 11.1. The number of nitrogens with zero attached hydrogens (tertiary/aromatic N) is 2. The zero-order valence-corrected chi connectivity index (χ0v) is 22.9. The van der Waals surface area contributed by atoms with Crippen LogP contribution in [0.15, 0.2) is 48.0 Å². The summed E-state index contributed by atoms with van der Waals surface area (Å²) >= 11 is 6.02. The highest BCUT2D eigenvalue weighted by atomic mass is 35.5. The lowest BCUT2D eigenvalue weighted by Crippen LogP contribution is -2.48. The van der Waals surface area contributed by atoms with Crippen LogP contribution < -0.4 is 9.64 Å². The third kappa shape index (κ3) is 3.43. The van der Waals surface area contributed by atoms with E-state index in [4.69, 9.17) is 16.3 Å². The molecule has 40 heavy (non-hydrogen) atoms. The average Bonchev–Trinajstić information content (AvgIpc) is 3.27. The molecule has 2 aliphatic heterocycles. The number of hydrogen-bond acceptors (Lipinski definition) is 6. The first kappa shape index (κ1) is 26.5. The van der Waals surface area contributed by atoms with Crippen LogP contribution in [0.2, 0.25) is 5.02 Å². The number of imide groups is 2. The number of benzene rings is 2. The van der Waals surface area contributed by atoms with Crippen LogP contribution in [-0.4, -0.2) is 47.3 Å². The number of carbonyl (C=O) groups excluding carboxylic acids is 4. The molecule has 2 aliphatic carbocycles. The minimum absolute atomic E-state index is 0.143. The van der Waals surface area contributed by atoms with E-state index in [0.29, 0.717) is 18.6 Å². The van der Waals surface area contributed by atoms with E-state index in [9.17, 15) is 28.7 Å². The largest absolute Gasteiger partial charge is 0.504 e. The highest BCUT2D eigenvalue weighted by molar-refractivity contribution is 6.31. The zero-order chi connectivity index (χ0) is 28.7. The second-order valence-corrected chi connectivity index (χ2v) is 11.5. The lowest BCUT2D eigenvalue weighted by molar-refractivity contribution is -0.138. The molecule has 2 heterocycles. The molecule has 6 unspecified atom stereocenters. The first-order valence-corrected chi connectivity index (χ1v) is 13.7. The van der Waals surface area contributed by atoms with Gasteiger partial charge in [0.15, 0.2) is 11.5 Å². The molecule has 1 saturated carbocycles. The van der Waals surface area contributed by atoms with Crippen molar-refractivity contribution in [2.24, 2.45) is 29.1 Å². The Kier molecular flexibility index (Phi) is 6.07. The summed E-state index contributed by atoms with van der Waals surface area (Å²) in [6.45, 7) is 3.79. The van der Waals surface area contributed by atoms with Crippen LogP contribution in [0.3, 0.4) is 0 Å². The molecular weight excluding hydrogens is 539 g/mol. The Morgan fingerprint density at radius 2 is 1.85 bits per heavy atom. The maximum Gasteiger partial charge on any atom is 0.241 e. The lowest BCUT2D eigenvalue weighted by atomic mass is 9.51. The summed E-state index contributed by atoms with van der Waals surface area (Å²) in [5.74, 6) is -5.52. The number of phenols is 1. The number of para-hydroxylation sites is 1. The van der Waals surface area contributed by atoms with Crippen LogP contribution in [-0.2, 0) is 19.2 Å². The molecular formula is C30H28ClFN2O6. The molecule has 1 N–H and O–H groups in total. The number of fused-ring (bicyclic) bond motifs is 4. The van der Waals surface area contributed by atoms with Crippen molar-refractivity contribution < 1.29 is 33.4 Å². The van der Waals surface area contributed by atoms with Crippen LogP contribution in [0.4, 0.5) is 10.1 Å². The van der Waals surface area contributed by atoms with Gasteiger partial charge in [0.25, 0.3) is 0 Å². The number of likely N-dealkylation sites (tertiary alicyclic amines) is 1. The van der Waals surface area contributed by atoms with Crippen molar-refractivity contribution in [2.45, 2.75) is 32.6 Å². The van der Waals surface area contributed by atoms with Gasteiger partial charge in [-0.3, -0.25) is 24.1 Å². The summed E-state index contributed by atoms with van der Waals surface area (Å²) in [4.78, 5) is 56.8. The van der Waals surface area contributed by atoms with Gasteiger partial charge in [0.1, 0.15) is 5.82 Å². The minimum Gasteiger partial charge on any atom is -0.504 e. The van der Waals surface area contributed by atoms with Crippen LogP contribution in [0.5, 0.6) is 11.5 Å². The molecule has 2 aromatic carbocycles. The third-order valence-corrected chi connectivity index (χ3v) is 9.59.